The molecule has 0 radical (unpaired) electrons. The summed E-state index contributed by atoms with van der Waals surface area (Å²) in [5, 5.41) is 3.67. The first kappa shape index (κ1) is 39.3. The van der Waals surface area contributed by atoms with Crippen LogP contribution in [0.2, 0.25) is 0 Å². The maximum Gasteiger partial charge on any atom is 0.0720 e. The molecule has 0 bridgehead atoms. The van der Waals surface area contributed by atoms with E-state index in [1.807, 2.05) is 24.3 Å². The molecule has 0 aromatic heterocycles. The summed E-state index contributed by atoms with van der Waals surface area (Å²) >= 11 is 0. The van der Waals surface area contributed by atoms with Gasteiger partial charge in [0.1, 0.15) is 0 Å². The molecule has 9 aromatic rings. The van der Waals surface area contributed by atoms with Gasteiger partial charge in [0.2, 0.25) is 0 Å². The van der Waals surface area contributed by atoms with Gasteiger partial charge in [-0.15, -0.1) is 0 Å². The molecule has 1 unspecified atom stereocenters. The summed E-state index contributed by atoms with van der Waals surface area (Å²) in [4.78, 5) is 2.32. The van der Waals surface area contributed by atoms with Crippen molar-refractivity contribution in [2.75, 3.05) is 4.90 Å². The van der Waals surface area contributed by atoms with Crippen molar-refractivity contribution in [2.24, 2.45) is 5.73 Å². The number of benzene rings is 9. The average molecular weight is 798 g/mol. The minimum absolute atomic E-state index is 0.184. The van der Waals surface area contributed by atoms with E-state index >= 15 is 0 Å². The summed E-state index contributed by atoms with van der Waals surface area (Å²) < 4.78 is 0. The van der Waals surface area contributed by atoms with E-state index in [0.717, 1.165) is 56.1 Å². The second-order valence-corrected chi connectivity index (χ2v) is 15.4. The van der Waals surface area contributed by atoms with Crippen molar-refractivity contribution in [3.63, 3.8) is 0 Å². The van der Waals surface area contributed by atoms with Crippen molar-refractivity contribution >= 4 is 28.5 Å². The van der Waals surface area contributed by atoms with Crippen LogP contribution >= 0.6 is 0 Å². The summed E-state index contributed by atoms with van der Waals surface area (Å²) in [7, 11) is 0. The Bertz CT molecular complexity index is 2790. The Balaban J connectivity index is 0.941. The average Bonchev–Trinajstić information content (AvgIpc) is 3.35. The standard InChI is InChI=1S/C59H47N3/c1-43(61-59(54-20-12-5-13-21-54)42-58(60)53-28-26-48(27-29-53)45-14-6-2-7-15-45)44-22-24-49(25-23-44)52-34-40-57(41-35-52)62(55-36-30-50(31-37-55)46-16-8-3-9-17-46)56-38-32-51(33-39-56)47-18-10-4-11-19-47/h2-42,59,61H,1,60H2/b58-42-. The van der Waals surface area contributed by atoms with Crippen LogP contribution in [-0.2, 0) is 0 Å². The van der Waals surface area contributed by atoms with E-state index < -0.39 is 0 Å². The molecule has 0 spiro atoms. The molecule has 0 saturated heterocycles. The van der Waals surface area contributed by atoms with Crippen molar-refractivity contribution < 1.29 is 0 Å². The maximum atomic E-state index is 6.76. The zero-order valence-corrected chi connectivity index (χ0v) is 34.5. The molecule has 0 saturated carbocycles. The molecule has 298 valence electrons. The van der Waals surface area contributed by atoms with Crippen LogP contribution in [0, 0.1) is 0 Å². The van der Waals surface area contributed by atoms with E-state index in [1.165, 1.54) is 27.8 Å². The number of nitrogens with zero attached hydrogens (tertiary/aromatic N) is 1. The van der Waals surface area contributed by atoms with Crippen LogP contribution in [0.5, 0.6) is 0 Å². The largest absolute Gasteiger partial charge is 0.398 e. The van der Waals surface area contributed by atoms with Crippen molar-refractivity contribution in [1.82, 2.24) is 5.32 Å². The molecule has 62 heavy (non-hydrogen) atoms. The van der Waals surface area contributed by atoms with Gasteiger partial charge < -0.3 is 16.0 Å². The summed E-state index contributed by atoms with van der Waals surface area (Å²) in [6.07, 6.45) is 2.08. The van der Waals surface area contributed by atoms with Gasteiger partial charge in [-0.2, -0.15) is 0 Å². The Kier molecular flexibility index (Phi) is 11.7. The Morgan fingerprint density at radius 3 is 1.02 bits per heavy atom. The van der Waals surface area contributed by atoms with E-state index in [0.29, 0.717) is 5.70 Å². The summed E-state index contributed by atoms with van der Waals surface area (Å²) in [5.41, 5.74) is 24.0. The van der Waals surface area contributed by atoms with E-state index in [1.54, 1.807) is 0 Å². The van der Waals surface area contributed by atoms with Crippen molar-refractivity contribution in [3.05, 3.63) is 272 Å². The fourth-order valence-corrected chi connectivity index (χ4v) is 7.90. The summed E-state index contributed by atoms with van der Waals surface area (Å²) in [6.45, 7) is 4.46. The zero-order valence-electron chi connectivity index (χ0n) is 34.5. The molecular weight excluding hydrogens is 751 g/mol. The molecule has 0 aliphatic carbocycles. The molecule has 0 aliphatic heterocycles. The lowest BCUT2D eigenvalue weighted by molar-refractivity contribution is 0.773. The molecule has 3 heteroatoms. The van der Waals surface area contributed by atoms with Gasteiger partial charge in [-0.25, -0.2) is 0 Å². The molecule has 0 heterocycles. The first-order chi connectivity index (χ1) is 30.6. The van der Waals surface area contributed by atoms with Crippen LogP contribution < -0.4 is 16.0 Å². The third-order valence-electron chi connectivity index (χ3n) is 11.3. The maximum absolute atomic E-state index is 6.76. The molecule has 0 amide bonds. The number of nitrogens with two attached hydrogens (primary N) is 1. The monoisotopic (exact) mass is 797 g/mol. The van der Waals surface area contributed by atoms with Gasteiger partial charge in [0.15, 0.2) is 0 Å². The predicted octanol–water partition coefficient (Wildman–Crippen LogP) is 15.1. The third-order valence-corrected chi connectivity index (χ3v) is 11.3. The van der Waals surface area contributed by atoms with E-state index in [-0.39, 0.29) is 6.04 Å². The predicted molar refractivity (Wildman–Crippen MR) is 263 cm³/mol. The summed E-state index contributed by atoms with van der Waals surface area (Å²) in [5.74, 6) is 0. The first-order valence-electron chi connectivity index (χ1n) is 21.0. The Hall–Kier alpha value is -8.14. The smallest absolute Gasteiger partial charge is 0.0720 e. The third kappa shape index (κ3) is 9.03. The van der Waals surface area contributed by atoms with Gasteiger partial charge in [0, 0.05) is 28.5 Å². The van der Waals surface area contributed by atoms with Crippen molar-refractivity contribution in [3.8, 4) is 44.5 Å². The lowest BCUT2D eigenvalue weighted by atomic mass is 9.99. The fourth-order valence-electron chi connectivity index (χ4n) is 7.90. The van der Waals surface area contributed by atoms with Crippen LogP contribution in [0.25, 0.3) is 55.9 Å². The highest BCUT2D eigenvalue weighted by atomic mass is 15.1. The van der Waals surface area contributed by atoms with E-state index in [4.69, 9.17) is 5.73 Å². The first-order valence-corrected chi connectivity index (χ1v) is 21.0. The van der Waals surface area contributed by atoms with Gasteiger partial charge >= 0.3 is 0 Å². The SMILES string of the molecule is C=C(NC(/C=C(\N)c1ccc(-c2ccccc2)cc1)c1ccccc1)c1ccc(-c2ccc(N(c3ccc(-c4ccccc4)cc3)c3ccc(-c4ccccc4)cc3)cc2)cc1. The molecule has 1 atom stereocenters. The highest BCUT2D eigenvalue weighted by molar-refractivity contribution is 5.81. The van der Waals surface area contributed by atoms with Crippen LogP contribution in [0.1, 0.15) is 22.7 Å². The molecule has 0 aliphatic rings. The topological polar surface area (TPSA) is 41.3 Å². The molecule has 0 fully saturated rings. The second-order valence-electron chi connectivity index (χ2n) is 15.4. The number of nitrogens with one attached hydrogen (secondary N) is 1. The number of hydrogen-bond donors (Lipinski definition) is 2. The minimum Gasteiger partial charge on any atom is -0.398 e. The van der Waals surface area contributed by atoms with Crippen LogP contribution in [0.15, 0.2) is 255 Å². The number of hydrogen-bond acceptors (Lipinski definition) is 3. The lowest BCUT2D eigenvalue weighted by Gasteiger charge is -2.26. The lowest BCUT2D eigenvalue weighted by Crippen LogP contribution is -2.19. The fraction of sp³-hybridized carbons (Fsp3) is 0.0169. The Morgan fingerprint density at radius 1 is 0.371 bits per heavy atom. The van der Waals surface area contributed by atoms with Crippen LogP contribution in [-0.4, -0.2) is 0 Å². The molecular formula is C59H47N3. The molecule has 3 N–H and O–H groups in total. The van der Waals surface area contributed by atoms with Crippen molar-refractivity contribution in [1.29, 1.82) is 0 Å². The zero-order chi connectivity index (χ0) is 42.1. The van der Waals surface area contributed by atoms with Crippen molar-refractivity contribution in [2.45, 2.75) is 6.04 Å². The molecule has 9 aromatic carbocycles. The highest BCUT2D eigenvalue weighted by Gasteiger charge is 2.15. The van der Waals surface area contributed by atoms with Crippen LogP contribution in [0.4, 0.5) is 17.1 Å². The normalized spacial score (nSPS) is 11.7. The Labute approximate surface area is 365 Å². The van der Waals surface area contributed by atoms with E-state index in [2.05, 4.69) is 241 Å². The number of rotatable bonds is 13. The van der Waals surface area contributed by atoms with Gasteiger partial charge in [0.25, 0.3) is 0 Å². The summed E-state index contributed by atoms with van der Waals surface area (Å²) in [6, 6.07) is 85.0. The molecule has 9 rings (SSSR count). The Morgan fingerprint density at radius 2 is 0.661 bits per heavy atom. The van der Waals surface area contributed by atoms with Crippen LogP contribution in [0.3, 0.4) is 0 Å². The van der Waals surface area contributed by atoms with Gasteiger partial charge in [-0.05, 0) is 104 Å². The van der Waals surface area contributed by atoms with Gasteiger partial charge in [-0.3, -0.25) is 0 Å². The molecule has 3 nitrogen and oxygen atoms in total. The van der Waals surface area contributed by atoms with Gasteiger partial charge in [-0.1, -0.05) is 213 Å². The quantitative estimate of drug-likeness (QED) is 0.122. The van der Waals surface area contributed by atoms with Gasteiger partial charge in [0.05, 0.1) is 6.04 Å². The highest BCUT2D eigenvalue weighted by Crippen LogP contribution is 2.38. The van der Waals surface area contributed by atoms with E-state index in [9.17, 15) is 0 Å². The number of anilines is 3. The minimum atomic E-state index is -0.184. The second kappa shape index (κ2) is 18.4.